The summed E-state index contributed by atoms with van der Waals surface area (Å²) in [4.78, 5) is 40.8. The quantitative estimate of drug-likeness (QED) is 0.221. The summed E-state index contributed by atoms with van der Waals surface area (Å²) in [5.41, 5.74) is 2.70. The molecule has 2 heterocycles. The molecule has 0 saturated heterocycles. The molecule has 41 heavy (non-hydrogen) atoms. The standard InChI is InChI=1S/C28H24N6O6S/c1-17(26(35)31-20-7-11-22(12-8-20)41(37,38)34-28-29-14-3-15-30-28)40-27(36)19-6-13-23-24(16-19)33-25(32-23)18-4-9-21(39-2)10-5-18/h3-17H,1-2H3,(H,31,35)(H,32,33)(H,29,30,34). The minimum atomic E-state index is -3.92. The number of hydrogen-bond acceptors (Lipinski definition) is 9. The Labute approximate surface area is 234 Å². The number of carbonyl (C=O) groups is 2. The molecule has 2 aromatic heterocycles. The number of anilines is 2. The van der Waals surface area contributed by atoms with Crippen molar-refractivity contribution in [1.29, 1.82) is 0 Å². The highest BCUT2D eigenvalue weighted by Gasteiger charge is 2.21. The molecule has 0 aliphatic rings. The molecule has 3 N–H and O–H groups in total. The first-order valence-electron chi connectivity index (χ1n) is 12.3. The van der Waals surface area contributed by atoms with E-state index in [9.17, 15) is 18.0 Å². The van der Waals surface area contributed by atoms with Crippen LogP contribution in [0.15, 0.2) is 90.1 Å². The molecule has 3 aromatic carbocycles. The van der Waals surface area contributed by atoms with E-state index in [-0.39, 0.29) is 16.4 Å². The predicted molar refractivity (Wildman–Crippen MR) is 151 cm³/mol. The normalized spacial score (nSPS) is 12.0. The number of nitrogens with one attached hydrogen (secondary N) is 3. The van der Waals surface area contributed by atoms with E-state index in [1.807, 2.05) is 24.3 Å². The lowest BCUT2D eigenvalue weighted by Crippen LogP contribution is -2.30. The molecule has 0 fully saturated rings. The van der Waals surface area contributed by atoms with Gasteiger partial charge in [-0.2, -0.15) is 0 Å². The van der Waals surface area contributed by atoms with Gasteiger partial charge in [0.15, 0.2) is 6.10 Å². The van der Waals surface area contributed by atoms with Crippen molar-refractivity contribution in [2.45, 2.75) is 17.9 Å². The van der Waals surface area contributed by atoms with E-state index >= 15 is 0 Å². The SMILES string of the molecule is COc1ccc(-c2nc3ccc(C(=O)OC(C)C(=O)Nc4ccc(S(=O)(=O)Nc5ncccn5)cc4)cc3[nH]2)cc1. The van der Waals surface area contributed by atoms with Crippen LogP contribution in [0.3, 0.4) is 0 Å². The first-order chi connectivity index (χ1) is 19.7. The fourth-order valence-corrected chi connectivity index (χ4v) is 4.75. The van der Waals surface area contributed by atoms with Crippen LogP contribution in [0.5, 0.6) is 5.75 Å². The van der Waals surface area contributed by atoms with Crippen LogP contribution in [-0.4, -0.2) is 53.4 Å². The van der Waals surface area contributed by atoms with Crippen molar-refractivity contribution in [3.8, 4) is 17.1 Å². The van der Waals surface area contributed by atoms with Gasteiger partial charge in [-0.1, -0.05) is 0 Å². The number of H-pyrrole nitrogens is 1. The van der Waals surface area contributed by atoms with Crippen molar-refractivity contribution in [1.82, 2.24) is 19.9 Å². The molecule has 1 unspecified atom stereocenters. The molecule has 5 rings (SSSR count). The largest absolute Gasteiger partial charge is 0.497 e. The summed E-state index contributed by atoms with van der Waals surface area (Å²) in [5.74, 6) is 0.0125. The highest BCUT2D eigenvalue weighted by molar-refractivity contribution is 7.92. The second-order valence-electron chi connectivity index (χ2n) is 8.78. The maximum Gasteiger partial charge on any atom is 0.338 e. The van der Waals surface area contributed by atoms with Crippen molar-refractivity contribution in [3.05, 3.63) is 90.8 Å². The summed E-state index contributed by atoms with van der Waals surface area (Å²) in [7, 11) is -2.33. The van der Waals surface area contributed by atoms with Crippen LogP contribution in [0.4, 0.5) is 11.6 Å². The number of imidazole rings is 1. The Balaban J connectivity index is 1.20. The Morgan fingerprint density at radius 2 is 1.66 bits per heavy atom. The highest BCUT2D eigenvalue weighted by atomic mass is 32.2. The topological polar surface area (TPSA) is 165 Å². The summed E-state index contributed by atoms with van der Waals surface area (Å²) < 4.78 is 37.9. The number of esters is 1. The number of rotatable bonds is 9. The Morgan fingerprint density at radius 1 is 0.951 bits per heavy atom. The zero-order valence-electron chi connectivity index (χ0n) is 21.9. The molecule has 12 nitrogen and oxygen atoms in total. The Kier molecular flexibility index (Phi) is 7.61. The average Bonchev–Trinajstić information content (AvgIpc) is 3.41. The van der Waals surface area contributed by atoms with Crippen LogP contribution in [0.1, 0.15) is 17.3 Å². The van der Waals surface area contributed by atoms with Crippen molar-refractivity contribution in [2.24, 2.45) is 0 Å². The molecule has 0 radical (unpaired) electrons. The van der Waals surface area contributed by atoms with Crippen LogP contribution in [0, 0.1) is 0 Å². The van der Waals surface area contributed by atoms with Gasteiger partial charge in [0.1, 0.15) is 11.6 Å². The summed E-state index contributed by atoms with van der Waals surface area (Å²) in [5, 5.41) is 2.60. The van der Waals surface area contributed by atoms with Crippen LogP contribution in [0.2, 0.25) is 0 Å². The van der Waals surface area contributed by atoms with Gasteiger partial charge < -0.3 is 19.8 Å². The molecule has 208 valence electrons. The van der Waals surface area contributed by atoms with E-state index in [2.05, 4.69) is 30.0 Å². The number of amides is 1. The maximum absolute atomic E-state index is 12.8. The number of aromatic amines is 1. The lowest BCUT2D eigenvalue weighted by molar-refractivity contribution is -0.123. The molecule has 0 spiro atoms. The van der Waals surface area contributed by atoms with E-state index < -0.39 is 28.0 Å². The fraction of sp³-hybridized carbons (Fsp3) is 0.107. The third-order valence-corrected chi connectivity index (χ3v) is 7.30. The Hall–Kier alpha value is -5.30. The lowest BCUT2D eigenvalue weighted by Gasteiger charge is -2.14. The molecule has 13 heteroatoms. The predicted octanol–water partition coefficient (Wildman–Crippen LogP) is 4.01. The number of ether oxygens (including phenoxy) is 2. The smallest absolute Gasteiger partial charge is 0.338 e. The van der Waals surface area contributed by atoms with E-state index in [4.69, 9.17) is 9.47 Å². The number of aromatic nitrogens is 4. The molecule has 5 aromatic rings. The number of nitrogens with zero attached hydrogens (tertiary/aromatic N) is 3. The summed E-state index contributed by atoms with van der Waals surface area (Å²) in [6, 6.07) is 19.3. The summed E-state index contributed by atoms with van der Waals surface area (Å²) in [6.07, 6.45) is 1.69. The number of benzene rings is 3. The van der Waals surface area contributed by atoms with Crippen molar-refractivity contribution >= 4 is 44.6 Å². The first kappa shape index (κ1) is 27.3. The number of fused-ring (bicyclic) bond motifs is 1. The van der Waals surface area contributed by atoms with Crippen molar-refractivity contribution in [2.75, 3.05) is 17.1 Å². The van der Waals surface area contributed by atoms with Gasteiger partial charge in [-0.25, -0.2) is 32.9 Å². The Morgan fingerprint density at radius 3 is 2.34 bits per heavy atom. The molecule has 0 saturated carbocycles. The monoisotopic (exact) mass is 572 g/mol. The molecular weight excluding hydrogens is 548 g/mol. The van der Waals surface area contributed by atoms with Crippen LogP contribution in [0.25, 0.3) is 22.4 Å². The molecule has 0 aliphatic carbocycles. The second kappa shape index (κ2) is 11.4. The molecule has 0 bridgehead atoms. The van der Waals surface area contributed by atoms with Gasteiger partial charge >= 0.3 is 5.97 Å². The zero-order chi connectivity index (χ0) is 29.0. The number of methoxy groups -OCH3 is 1. The van der Waals surface area contributed by atoms with Crippen LogP contribution in [-0.2, 0) is 19.6 Å². The van der Waals surface area contributed by atoms with Gasteiger partial charge in [0.25, 0.3) is 15.9 Å². The lowest BCUT2D eigenvalue weighted by atomic mass is 10.2. The van der Waals surface area contributed by atoms with Crippen LogP contribution >= 0.6 is 0 Å². The summed E-state index contributed by atoms with van der Waals surface area (Å²) in [6.45, 7) is 1.44. The minimum absolute atomic E-state index is 0.0493. The van der Waals surface area contributed by atoms with E-state index in [0.29, 0.717) is 22.5 Å². The van der Waals surface area contributed by atoms with E-state index in [1.54, 1.807) is 31.4 Å². The van der Waals surface area contributed by atoms with Gasteiger partial charge in [-0.3, -0.25) is 4.79 Å². The van der Waals surface area contributed by atoms with Crippen LogP contribution < -0.4 is 14.8 Å². The maximum atomic E-state index is 12.8. The highest BCUT2D eigenvalue weighted by Crippen LogP contribution is 2.24. The summed E-state index contributed by atoms with van der Waals surface area (Å²) >= 11 is 0. The minimum Gasteiger partial charge on any atom is -0.497 e. The Bertz CT molecular complexity index is 1810. The fourth-order valence-electron chi connectivity index (χ4n) is 3.80. The second-order valence-corrected chi connectivity index (χ2v) is 10.5. The van der Waals surface area contributed by atoms with Gasteiger partial charge in [0.2, 0.25) is 5.95 Å². The van der Waals surface area contributed by atoms with Gasteiger partial charge in [-0.05, 0) is 79.7 Å². The molecule has 1 atom stereocenters. The van der Waals surface area contributed by atoms with Gasteiger partial charge in [0.05, 0.1) is 28.6 Å². The first-order valence-corrected chi connectivity index (χ1v) is 13.8. The number of sulfonamides is 1. The average molecular weight is 573 g/mol. The number of hydrogen-bond donors (Lipinski definition) is 3. The molecule has 0 aliphatic heterocycles. The van der Waals surface area contributed by atoms with E-state index in [1.165, 1.54) is 43.6 Å². The number of carbonyl (C=O) groups excluding carboxylic acids is 2. The molecule has 1 amide bonds. The van der Waals surface area contributed by atoms with E-state index in [0.717, 1.165) is 11.3 Å². The third-order valence-electron chi connectivity index (χ3n) is 5.96. The van der Waals surface area contributed by atoms with Gasteiger partial charge in [-0.15, -0.1) is 0 Å². The zero-order valence-corrected chi connectivity index (χ0v) is 22.7. The van der Waals surface area contributed by atoms with Gasteiger partial charge in [0, 0.05) is 23.6 Å². The molecular formula is C28H24N6O6S. The van der Waals surface area contributed by atoms with Crippen molar-refractivity contribution < 1.29 is 27.5 Å². The van der Waals surface area contributed by atoms with Crippen molar-refractivity contribution in [3.63, 3.8) is 0 Å². The third kappa shape index (κ3) is 6.31.